The summed E-state index contributed by atoms with van der Waals surface area (Å²) < 4.78 is 6.52. The Kier molecular flexibility index (Phi) is 5.34. The third kappa shape index (κ3) is 4.25. The number of ether oxygens (including phenoxy) is 1. The first-order valence-corrected chi connectivity index (χ1v) is 8.69. The molecule has 2 aromatic rings. The van der Waals surface area contributed by atoms with Gasteiger partial charge in [0, 0.05) is 11.0 Å². The average molecular weight is 382 g/mol. The molecule has 1 N–H and O–H groups in total. The summed E-state index contributed by atoms with van der Waals surface area (Å²) in [6, 6.07) is 5.76. The molecule has 1 aromatic heterocycles. The average Bonchev–Trinajstić information content (AvgIpc) is 2.84. The molecule has 0 radical (unpaired) electrons. The Balaban J connectivity index is 2.32. The highest BCUT2D eigenvalue weighted by molar-refractivity contribution is 9.10. The lowest BCUT2D eigenvalue weighted by Gasteiger charge is -2.31. The summed E-state index contributed by atoms with van der Waals surface area (Å²) in [5.41, 5.74) is 1.33. The smallest absolute Gasteiger partial charge is 0.410 e. The summed E-state index contributed by atoms with van der Waals surface area (Å²) in [7, 11) is 0. The van der Waals surface area contributed by atoms with Crippen LogP contribution >= 0.6 is 15.9 Å². The summed E-state index contributed by atoms with van der Waals surface area (Å²) >= 11 is 3.46. The lowest BCUT2D eigenvalue weighted by molar-refractivity contribution is 0.0158. The molecule has 0 saturated carbocycles. The lowest BCUT2D eigenvalue weighted by atomic mass is 10.2. The van der Waals surface area contributed by atoms with E-state index in [1.54, 1.807) is 4.90 Å². The molecule has 1 aromatic carbocycles. The molecule has 0 saturated heterocycles. The zero-order valence-corrected chi connectivity index (χ0v) is 15.9. The molecule has 126 valence electrons. The van der Waals surface area contributed by atoms with Gasteiger partial charge in [0.15, 0.2) is 0 Å². The summed E-state index contributed by atoms with van der Waals surface area (Å²) in [6.45, 7) is 10.2. The molecule has 0 aliphatic rings. The highest BCUT2D eigenvalue weighted by Crippen LogP contribution is 2.27. The van der Waals surface area contributed by atoms with E-state index < -0.39 is 5.60 Å². The Bertz CT molecular complexity index is 691. The zero-order valence-electron chi connectivity index (χ0n) is 14.3. The third-order valence-corrected chi connectivity index (χ3v) is 4.00. The van der Waals surface area contributed by atoms with E-state index in [0.717, 1.165) is 27.8 Å². The van der Waals surface area contributed by atoms with E-state index in [0.29, 0.717) is 6.54 Å². The Morgan fingerprint density at radius 1 is 1.39 bits per heavy atom. The van der Waals surface area contributed by atoms with Gasteiger partial charge in [-0.3, -0.25) is 4.90 Å². The number of rotatable bonds is 4. The Morgan fingerprint density at radius 2 is 2.09 bits per heavy atom. The van der Waals surface area contributed by atoms with Gasteiger partial charge < -0.3 is 9.72 Å². The summed E-state index contributed by atoms with van der Waals surface area (Å²) in [5.74, 6) is 0.785. The number of amides is 1. The van der Waals surface area contributed by atoms with Gasteiger partial charge in [0.1, 0.15) is 11.4 Å². The van der Waals surface area contributed by atoms with Gasteiger partial charge in [-0.15, -0.1) is 0 Å². The Morgan fingerprint density at radius 3 is 2.65 bits per heavy atom. The maximum atomic E-state index is 12.5. The fraction of sp³-hybridized carbons (Fsp3) is 0.529. The summed E-state index contributed by atoms with van der Waals surface area (Å²) in [4.78, 5) is 22.2. The highest BCUT2D eigenvalue weighted by Gasteiger charge is 2.29. The summed E-state index contributed by atoms with van der Waals surface area (Å²) in [5, 5.41) is 0. The SMILES string of the molecule is CC[C@@H](c1nc2ccc(Br)cc2[nH]1)N(CC)C(=O)OC(C)(C)C. The number of nitrogens with zero attached hydrogens (tertiary/aromatic N) is 2. The number of H-pyrrole nitrogens is 1. The van der Waals surface area contributed by atoms with Gasteiger partial charge in [-0.25, -0.2) is 9.78 Å². The Hall–Kier alpha value is -1.56. The molecule has 0 aliphatic carbocycles. The van der Waals surface area contributed by atoms with Crippen molar-refractivity contribution >= 4 is 33.1 Å². The van der Waals surface area contributed by atoms with Gasteiger partial charge in [0.25, 0.3) is 0 Å². The number of hydrogen-bond acceptors (Lipinski definition) is 3. The molecule has 1 atom stereocenters. The second kappa shape index (κ2) is 6.91. The molecule has 0 unspecified atom stereocenters. The highest BCUT2D eigenvalue weighted by atomic mass is 79.9. The number of fused-ring (bicyclic) bond motifs is 1. The van der Waals surface area contributed by atoms with Crippen molar-refractivity contribution in [3.05, 3.63) is 28.5 Å². The number of hydrogen-bond donors (Lipinski definition) is 1. The number of aromatic nitrogens is 2. The molecule has 1 amide bonds. The van der Waals surface area contributed by atoms with Crippen LogP contribution < -0.4 is 0 Å². The van der Waals surface area contributed by atoms with E-state index in [1.807, 2.05) is 52.8 Å². The second-order valence-electron chi connectivity index (χ2n) is 6.47. The van der Waals surface area contributed by atoms with Crippen molar-refractivity contribution in [3.63, 3.8) is 0 Å². The fourth-order valence-electron chi connectivity index (χ4n) is 2.52. The predicted octanol–water partition coefficient (Wildman–Crippen LogP) is 5.03. The van der Waals surface area contributed by atoms with Crippen molar-refractivity contribution in [2.75, 3.05) is 6.54 Å². The normalized spacial score (nSPS) is 13.1. The van der Waals surface area contributed by atoms with Crippen LogP contribution in [0.5, 0.6) is 0 Å². The standard InChI is InChI=1S/C17H24BrN3O2/c1-6-14(21(7-2)16(22)23-17(3,4)5)15-19-12-9-8-11(18)10-13(12)20-15/h8-10,14H,6-7H2,1-5H3,(H,19,20)/t14-/m0/s1. The van der Waals surface area contributed by atoms with Crippen LogP contribution in [0.15, 0.2) is 22.7 Å². The molecule has 5 nitrogen and oxygen atoms in total. The maximum absolute atomic E-state index is 12.5. The number of aromatic amines is 1. The predicted molar refractivity (Wildman–Crippen MR) is 95.4 cm³/mol. The lowest BCUT2D eigenvalue weighted by Crippen LogP contribution is -2.39. The van der Waals surface area contributed by atoms with Crippen molar-refractivity contribution in [2.24, 2.45) is 0 Å². The van der Waals surface area contributed by atoms with Gasteiger partial charge in [-0.05, 0) is 52.3 Å². The van der Waals surface area contributed by atoms with Crippen LogP contribution in [0.3, 0.4) is 0 Å². The molecule has 2 rings (SSSR count). The van der Waals surface area contributed by atoms with E-state index in [2.05, 4.69) is 25.9 Å². The zero-order chi connectivity index (χ0) is 17.2. The quantitative estimate of drug-likeness (QED) is 0.807. The molecule has 0 aliphatic heterocycles. The number of carbonyl (C=O) groups excluding carboxylic acids is 1. The third-order valence-electron chi connectivity index (χ3n) is 3.51. The molecular weight excluding hydrogens is 358 g/mol. The van der Waals surface area contributed by atoms with Gasteiger partial charge >= 0.3 is 6.09 Å². The van der Waals surface area contributed by atoms with Crippen molar-refractivity contribution in [3.8, 4) is 0 Å². The van der Waals surface area contributed by atoms with E-state index in [9.17, 15) is 4.79 Å². The van der Waals surface area contributed by atoms with Crippen LogP contribution in [-0.4, -0.2) is 33.1 Å². The van der Waals surface area contributed by atoms with Gasteiger partial charge in [0.2, 0.25) is 0 Å². The first kappa shape index (κ1) is 17.8. The van der Waals surface area contributed by atoms with E-state index in [1.165, 1.54) is 0 Å². The minimum atomic E-state index is -0.512. The summed E-state index contributed by atoms with van der Waals surface area (Å²) in [6.07, 6.45) is 0.446. The van der Waals surface area contributed by atoms with Crippen LogP contribution in [0.25, 0.3) is 11.0 Å². The molecule has 23 heavy (non-hydrogen) atoms. The number of imidazole rings is 1. The largest absolute Gasteiger partial charge is 0.444 e. The van der Waals surface area contributed by atoms with Crippen LogP contribution in [0.2, 0.25) is 0 Å². The maximum Gasteiger partial charge on any atom is 0.410 e. The molecule has 0 spiro atoms. The van der Waals surface area contributed by atoms with Crippen molar-refractivity contribution in [1.29, 1.82) is 0 Å². The van der Waals surface area contributed by atoms with Gasteiger partial charge in [-0.1, -0.05) is 22.9 Å². The van der Waals surface area contributed by atoms with Crippen molar-refractivity contribution in [2.45, 2.75) is 52.7 Å². The minimum absolute atomic E-state index is 0.138. The van der Waals surface area contributed by atoms with Crippen LogP contribution in [-0.2, 0) is 4.74 Å². The van der Waals surface area contributed by atoms with E-state index in [4.69, 9.17) is 4.74 Å². The van der Waals surface area contributed by atoms with Crippen molar-refractivity contribution < 1.29 is 9.53 Å². The van der Waals surface area contributed by atoms with Crippen LogP contribution in [0.1, 0.15) is 52.9 Å². The minimum Gasteiger partial charge on any atom is -0.444 e. The van der Waals surface area contributed by atoms with Crippen molar-refractivity contribution in [1.82, 2.24) is 14.9 Å². The number of halogens is 1. The molecule has 0 bridgehead atoms. The monoisotopic (exact) mass is 381 g/mol. The molecule has 6 heteroatoms. The van der Waals surface area contributed by atoms with Gasteiger partial charge in [-0.2, -0.15) is 0 Å². The van der Waals surface area contributed by atoms with Gasteiger partial charge in [0.05, 0.1) is 17.1 Å². The Labute approximate surface area is 145 Å². The fourth-order valence-corrected chi connectivity index (χ4v) is 2.88. The molecular formula is C17H24BrN3O2. The molecule has 1 heterocycles. The van der Waals surface area contributed by atoms with E-state index >= 15 is 0 Å². The topological polar surface area (TPSA) is 58.2 Å². The van der Waals surface area contributed by atoms with Crippen LogP contribution in [0.4, 0.5) is 4.79 Å². The number of benzene rings is 1. The second-order valence-corrected chi connectivity index (χ2v) is 7.39. The number of nitrogens with one attached hydrogen (secondary N) is 1. The van der Waals surface area contributed by atoms with E-state index in [-0.39, 0.29) is 12.1 Å². The molecule has 0 fully saturated rings. The first-order valence-electron chi connectivity index (χ1n) is 7.90. The van der Waals surface area contributed by atoms with Crippen LogP contribution in [0, 0.1) is 0 Å². The number of carbonyl (C=O) groups is 1. The first-order chi connectivity index (χ1) is 10.7.